The Morgan fingerprint density at radius 3 is 2.11 bits per heavy atom. The van der Waals surface area contributed by atoms with Crippen LogP contribution in [0.1, 0.15) is 56.9 Å². The van der Waals surface area contributed by atoms with Gasteiger partial charge in [-0.1, -0.05) is 69.4 Å². The van der Waals surface area contributed by atoms with E-state index in [4.69, 9.17) is 4.74 Å². The van der Waals surface area contributed by atoms with E-state index in [0.29, 0.717) is 0 Å². The number of hydrogen-bond donors (Lipinski definition) is 0. The quantitative estimate of drug-likeness (QED) is 0.470. The van der Waals surface area contributed by atoms with Crippen LogP contribution in [-0.4, -0.2) is 13.2 Å². The third kappa shape index (κ3) is 9.72. The minimum Gasteiger partial charge on any atom is -0.381 e. The zero-order chi connectivity index (χ0) is 13.6. The Morgan fingerprint density at radius 2 is 1.37 bits per heavy atom. The molecule has 1 rings (SSSR count). The topological polar surface area (TPSA) is 9.23 Å². The molecule has 1 aromatic carbocycles. The smallest absolute Gasteiger partial charge is 0.0466 e. The summed E-state index contributed by atoms with van der Waals surface area (Å²) in [5.41, 5.74) is 1.47. The number of ether oxygens (including phenoxy) is 1. The highest BCUT2D eigenvalue weighted by Crippen LogP contribution is 2.09. The highest BCUT2D eigenvalue weighted by molar-refractivity contribution is 5.14. The molecule has 0 aliphatic carbocycles. The van der Waals surface area contributed by atoms with Gasteiger partial charge in [0, 0.05) is 13.2 Å². The third-order valence-corrected chi connectivity index (χ3v) is 3.39. The monoisotopic (exact) mass is 261 g/mol. The Morgan fingerprint density at radius 1 is 0.737 bits per heavy atom. The number of hydrogen-bond acceptors (Lipinski definition) is 1. The SMILES string of the molecule is [CH2]CCCOCCCCCCCCc1ccccc1. The van der Waals surface area contributed by atoms with Gasteiger partial charge in [0.1, 0.15) is 0 Å². The second kappa shape index (κ2) is 12.2. The first kappa shape index (κ1) is 16.2. The van der Waals surface area contributed by atoms with E-state index in [-0.39, 0.29) is 0 Å². The van der Waals surface area contributed by atoms with E-state index in [2.05, 4.69) is 37.3 Å². The maximum absolute atomic E-state index is 5.52. The molecule has 1 heteroatoms. The van der Waals surface area contributed by atoms with Crippen LogP contribution in [0.5, 0.6) is 0 Å². The summed E-state index contributed by atoms with van der Waals surface area (Å²) in [5.74, 6) is 0. The van der Waals surface area contributed by atoms with E-state index in [9.17, 15) is 0 Å². The molecule has 0 saturated heterocycles. The average molecular weight is 261 g/mol. The van der Waals surface area contributed by atoms with E-state index in [1.165, 1.54) is 50.5 Å². The van der Waals surface area contributed by atoms with Gasteiger partial charge in [0.2, 0.25) is 0 Å². The maximum Gasteiger partial charge on any atom is 0.0466 e. The molecular formula is C18H29O. The van der Waals surface area contributed by atoms with Gasteiger partial charge in [-0.15, -0.1) is 0 Å². The molecule has 0 spiro atoms. The largest absolute Gasteiger partial charge is 0.381 e. The normalized spacial score (nSPS) is 10.8. The Hall–Kier alpha value is -0.820. The molecule has 1 nitrogen and oxygen atoms in total. The van der Waals surface area contributed by atoms with E-state index in [0.717, 1.165) is 26.1 Å². The van der Waals surface area contributed by atoms with Crippen molar-refractivity contribution < 1.29 is 4.74 Å². The fourth-order valence-corrected chi connectivity index (χ4v) is 2.19. The van der Waals surface area contributed by atoms with Gasteiger partial charge in [-0.3, -0.25) is 0 Å². The summed E-state index contributed by atoms with van der Waals surface area (Å²) in [4.78, 5) is 0. The Kier molecular flexibility index (Phi) is 10.4. The van der Waals surface area contributed by atoms with Gasteiger partial charge in [-0.2, -0.15) is 0 Å². The first-order valence-electron chi connectivity index (χ1n) is 7.84. The molecule has 0 N–H and O–H groups in total. The van der Waals surface area contributed by atoms with Crippen molar-refractivity contribution in [2.24, 2.45) is 0 Å². The number of unbranched alkanes of at least 4 members (excludes halogenated alkanes) is 6. The predicted octanol–water partition coefficient (Wildman–Crippen LogP) is 5.20. The van der Waals surface area contributed by atoms with Crippen LogP contribution in [-0.2, 0) is 11.2 Å². The summed E-state index contributed by atoms with van der Waals surface area (Å²) in [7, 11) is 0. The molecule has 0 fully saturated rings. The summed E-state index contributed by atoms with van der Waals surface area (Å²) in [6, 6.07) is 10.8. The summed E-state index contributed by atoms with van der Waals surface area (Å²) in [6.07, 6.45) is 11.3. The predicted molar refractivity (Wildman–Crippen MR) is 83.3 cm³/mol. The van der Waals surface area contributed by atoms with Crippen LogP contribution in [0, 0.1) is 6.92 Å². The van der Waals surface area contributed by atoms with Gasteiger partial charge >= 0.3 is 0 Å². The van der Waals surface area contributed by atoms with E-state index in [1.807, 2.05) is 0 Å². The zero-order valence-corrected chi connectivity index (χ0v) is 12.3. The van der Waals surface area contributed by atoms with Crippen LogP contribution in [0.25, 0.3) is 0 Å². The molecule has 0 amide bonds. The van der Waals surface area contributed by atoms with Gasteiger partial charge in [0.05, 0.1) is 0 Å². The lowest BCUT2D eigenvalue weighted by molar-refractivity contribution is 0.128. The molecule has 0 unspecified atom stereocenters. The first-order chi connectivity index (χ1) is 9.43. The van der Waals surface area contributed by atoms with Crippen molar-refractivity contribution in [2.45, 2.75) is 57.8 Å². The lowest BCUT2D eigenvalue weighted by atomic mass is 10.1. The third-order valence-electron chi connectivity index (χ3n) is 3.39. The van der Waals surface area contributed by atoms with E-state index in [1.54, 1.807) is 0 Å². The number of rotatable bonds is 12. The molecular weight excluding hydrogens is 232 g/mol. The first-order valence-corrected chi connectivity index (χ1v) is 7.84. The molecule has 1 aromatic rings. The number of benzene rings is 1. The average Bonchev–Trinajstić information content (AvgIpc) is 2.46. The molecule has 1 radical (unpaired) electrons. The minimum atomic E-state index is 0.889. The van der Waals surface area contributed by atoms with Gasteiger partial charge in [-0.25, -0.2) is 0 Å². The van der Waals surface area contributed by atoms with E-state index >= 15 is 0 Å². The summed E-state index contributed by atoms with van der Waals surface area (Å²) in [5, 5.41) is 0. The van der Waals surface area contributed by atoms with Crippen LogP contribution >= 0.6 is 0 Å². The van der Waals surface area contributed by atoms with Crippen molar-refractivity contribution in [3.8, 4) is 0 Å². The van der Waals surface area contributed by atoms with Gasteiger partial charge in [0.15, 0.2) is 0 Å². The summed E-state index contributed by atoms with van der Waals surface area (Å²) < 4.78 is 5.52. The van der Waals surface area contributed by atoms with Crippen molar-refractivity contribution in [3.05, 3.63) is 42.8 Å². The minimum absolute atomic E-state index is 0.889. The standard InChI is InChI=1S/C18H29O/c1-2-3-16-19-17-12-7-5-4-6-9-13-18-14-10-8-11-15-18/h8,10-11,14-15H,1-7,9,12-13,16-17H2. The van der Waals surface area contributed by atoms with Gasteiger partial charge < -0.3 is 4.74 Å². The second-order valence-corrected chi connectivity index (χ2v) is 5.18. The Bertz CT molecular complexity index is 281. The van der Waals surface area contributed by atoms with Crippen molar-refractivity contribution in [1.82, 2.24) is 0 Å². The fourth-order valence-electron chi connectivity index (χ4n) is 2.19. The van der Waals surface area contributed by atoms with Crippen LogP contribution in [0.3, 0.4) is 0 Å². The van der Waals surface area contributed by atoms with Crippen LogP contribution < -0.4 is 0 Å². The van der Waals surface area contributed by atoms with Crippen molar-refractivity contribution >= 4 is 0 Å². The highest BCUT2D eigenvalue weighted by Gasteiger charge is 1.94. The summed E-state index contributed by atoms with van der Waals surface area (Å²) >= 11 is 0. The lowest BCUT2D eigenvalue weighted by Gasteiger charge is -2.04. The second-order valence-electron chi connectivity index (χ2n) is 5.18. The number of aryl methyl sites for hydroxylation is 1. The maximum atomic E-state index is 5.52. The van der Waals surface area contributed by atoms with Crippen LogP contribution in [0.2, 0.25) is 0 Å². The molecule has 0 aliphatic heterocycles. The van der Waals surface area contributed by atoms with Crippen molar-refractivity contribution in [1.29, 1.82) is 0 Å². The van der Waals surface area contributed by atoms with Crippen molar-refractivity contribution in [2.75, 3.05) is 13.2 Å². The Labute approximate surface area is 119 Å². The van der Waals surface area contributed by atoms with Crippen LogP contribution in [0.15, 0.2) is 30.3 Å². The molecule has 0 aliphatic rings. The Balaban J connectivity index is 1.79. The molecule has 19 heavy (non-hydrogen) atoms. The van der Waals surface area contributed by atoms with Crippen molar-refractivity contribution in [3.63, 3.8) is 0 Å². The molecule has 0 saturated carbocycles. The van der Waals surface area contributed by atoms with Gasteiger partial charge in [0.25, 0.3) is 0 Å². The summed E-state index contributed by atoms with van der Waals surface area (Å²) in [6.45, 7) is 5.63. The van der Waals surface area contributed by atoms with Gasteiger partial charge in [-0.05, 0) is 31.2 Å². The zero-order valence-electron chi connectivity index (χ0n) is 12.3. The molecule has 0 bridgehead atoms. The van der Waals surface area contributed by atoms with Crippen LogP contribution in [0.4, 0.5) is 0 Å². The lowest BCUT2D eigenvalue weighted by Crippen LogP contribution is -1.96. The van der Waals surface area contributed by atoms with E-state index < -0.39 is 0 Å². The molecule has 0 atom stereocenters. The molecule has 0 aromatic heterocycles. The fraction of sp³-hybridized carbons (Fsp3) is 0.611. The molecule has 0 heterocycles. The molecule has 107 valence electrons. The highest BCUT2D eigenvalue weighted by atomic mass is 16.5.